The topological polar surface area (TPSA) is 99.7 Å². The van der Waals surface area contributed by atoms with Crippen LogP contribution in [-0.4, -0.2) is 48.5 Å². The lowest BCUT2D eigenvalue weighted by molar-refractivity contribution is -0.155. The summed E-state index contributed by atoms with van der Waals surface area (Å²) in [5, 5.41) is 9.92. The normalized spacial score (nSPS) is 30.9. The van der Waals surface area contributed by atoms with Crippen LogP contribution in [0.25, 0.3) is 0 Å². The highest BCUT2D eigenvalue weighted by atomic mass is 16.5. The summed E-state index contributed by atoms with van der Waals surface area (Å²) in [6, 6.07) is 10.6. The van der Waals surface area contributed by atoms with Gasteiger partial charge in [0, 0.05) is 31.4 Å². The number of piperazine rings is 1. The van der Waals surface area contributed by atoms with Gasteiger partial charge in [-0.25, -0.2) is 0 Å². The van der Waals surface area contributed by atoms with Gasteiger partial charge in [0.15, 0.2) is 0 Å². The number of ether oxygens (including phenoxy) is 1. The van der Waals surface area contributed by atoms with Crippen molar-refractivity contribution in [1.82, 2.24) is 4.90 Å². The minimum Gasteiger partial charge on any atom is -0.490 e. The summed E-state index contributed by atoms with van der Waals surface area (Å²) in [7, 11) is 0. The largest absolute Gasteiger partial charge is 0.490 e. The molecular weight excluding hydrogens is 416 g/mol. The van der Waals surface area contributed by atoms with Crippen LogP contribution in [0.15, 0.2) is 24.3 Å². The maximum atomic E-state index is 13.8. The molecule has 4 fully saturated rings. The third kappa shape index (κ3) is 3.74. The fraction of sp³-hybridized carbons (Fsp3) is 0.654. The van der Waals surface area contributed by atoms with Crippen LogP contribution < -0.4 is 15.4 Å². The molecule has 3 aliphatic carbocycles. The smallest absolute Gasteiger partial charge is 0.227 e. The van der Waals surface area contributed by atoms with Crippen molar-refractivity contribution >= 4 is 17.5 Å². The number of hydrogen-bond acceptors (Lipinski definition) is 5. The molecule has 1 saturated heterocycles. The highest BCUT2D eigenvalue weighted by Crippen LogP contribution is 2.65. The summed E-state index contributed by atoms with van der Waals surface area (Å²) in [4.78, 5) is 30.9. The van der Waals surface area contributed by atoms with Gasteiger partial charge in [-0.2, -0.15) is 5.26 Å². The average molecular weight is 451 g/mol. The SMILES string of the molecule is CC1CN(c2ccc(OC3CC3)cc2)CCN1C(=O)C1CCCCC1(C(N)=O)C1(C#N)CC1. The number of nitriles is 1. The van der Waals surface area contributed by atoms with E-state index in [9.17, 15) is 14.9 Å². The Kier molecular flexibility index (Phi) is 5.50. The van der Waals surface area contributed by atoms with Crippen LogP contribution in [0, 0.1) is 28.1 Å². The summed E-state index contributed by atoms with van der Waals surface area (Å²) < 4.78 is 5.85. The van der Waals surface area contributed by atoms with Crippen molar-refractivity contribution in [2.75, 3.05) is 24.5 Å². The van der Waals surface area contributed by atoms with E-state index in [4.69, 9.17) is 10.5 Å². The molecule has 1 aromatic carbocycles. The predicted molar refractivity (Wildman–Crippen MR) is 124 cm³/mol. The van der Waals surface area contributed by atoms with E-state index in [-0.39, 0.29) is 11.9 Å². The van der Waals surface area contributed by atoms with Crippen LogP contribution in [0.2, 0.25) is 0 Å². The fourth-order valence-electron chi connectivity index (χ4n) is 6.23. The maximum absolute atomic E-state index is 13.8. The molecule has 1 aliphatic heterocycles. The van der Waals surface area contributed by atoms with E-state index >= 15 is 0 Å². The van der Waals surface area contributed by atoms with E-state index in [0.29, 0.717) is 38.3 Å². The molecule has 3 unspecified atom stereocenters. The number of primary amides is 1. The van der Waals surface area contributed by atoms with Crippen molar-refractivity contribution in [1.29, 1.82) is 5.26 Å². The molecule has 0 bridgehead atoms. The number of amides is 2. The van der Waals surface area contributed by atoms with Crippen molar-refractivity contribution in [3.8, 4) is 11.8 Å². The van der Waals surface area contributed by atoms with Crippen molar-refractivity contribution < 1.29 is 14.3 Å². The highest BCUT2D eigenvalue weighted by Gasteiger charge is 2.68. The molecule has 2 amide bonds. The van der Waals surface area contributed by atoms with E-state index in [1.807, 2.05) is 17.0 Å². The van der Waals surface area contributed by atoms with Crippen LogP contribution in [0.5, 0.6) is 5.75 Å². The Morgan fingerprint density at radius 2 is 1.82 bits per heavy atom. The van der Waals surface area contributed by atoms with E-state index in [0.717, 1.165) is 50.2 Å². The lowest BCUT2D eigenvalue weighted by Gasteiger charge is -2.48. The lowest BCUT2D eigenvalue weighted by Crippen LogP contribution is -2.61. The first-order chi connectivity index (χ1) is 15.9. The molecular formula is C26H34N4O3. The van der Waals surface area contributed by atoms with Gasteiger partial charge in [-0.1, -0.05) is 12.8 Å². The van der Waals surface area contributed by atoms with Crippen molar-refractivity contribution in [2.45, 2.75) is 70.4 Å². The third-order valence-corrected chi connectivity index (χ3v) is 8.40. The number of benzene rings is 1. The minimum atomic E-state index is -1.02. The minimum absolute atomic E-state index is 0.00959. The van der Waals surface area contributed by atoms with Gasteiger partial charge in [0.25, 0.3) is 0 Å². The van der Waals surface area contributed by atoms with Crippen LogP contribution >= 0.6 is 0 Å². The standard InChI is InChI=1S/C26H34N4O3/c1-18-16-29(19-5-7-20(8-6-19)33-21-9-10-21)14-15-30(18)23(31)22-4-2-3-11-26(22,24(28)32)25(17-27)12-13-25/h5-8,18,21-22H,2-4,9-16H2,1H3,(H2,28,32). The number of anilines is 1. The van der Waals surface area contributed by atoms with Crippen LogP contribution in [-0.2, 0) is 9.59 Å². The number of carbonyl (C=O) groups is 2. The second kappa shape index (κ2) is 8.23. The Labute approximate surface area is 195 Å². The molecule has 0 spiro atoms. The van der Waals surface area contributed by atoms with E-state index in [1.54, 1.807) is 0 Å². The van der Waals surface area contributed by atoms with Crippen molar-refractivity contribution in [3.05, 3.63) is 24.3 Å². The lowest BCUT2D eigenvalue weighted by atomic mass is 9.57. The zero-order valence-electron chi connectivity index (χ0n) is 19.5. The molecule has 3 saturated carbocycles. The molecule has 2 N–H and O–H groups in total. The first kappa shape index (κ1) is 22.1. The van der Waals surface area contributed by atoms with Gasteiger partial charge in [0.05, 0.1) is 28.9 Å². The van der Waals surface area contributed by atoms with E-state index in [2.05, 4.69) is 30.0 Å². The Hall–Kier alpha value is -2.75. The van der Waals surface area contributed by atoms with Gasteiger partial charge in [-0.3, -0.25) is 9.59 Å². The summed E-state index contributed by atoms with van der Waals surface area (Å²) in [5.74, 6) is -0.0248. The zero-order valence-corrected chi connectivity index (χ0v) is 19.5. The Bertz CT molecular complexity index is 963. The Balaban J connectivity index is 1.30. The number of rotatable bonds is 6. The molecule has 0 aromatic heterocycles. The molecule has 5 rings (SSSR count). The summed E-state index contributed by atoms with van der Waals surface area (Å²) in [6.07, 6.45) is 6.94. The molecule has 1 heterocycles. The molecule has 0 radical (unpaired) electrons. The predicted octanol–water partition coefficient (Wildman–Crippen LogP) is 3.23. The first-order valence-electron chi connectivity index (χ1n) is 12.4. The highest BCUT2D eigenvalue weighted by molar-refractivity contribution is 5.92. The van der Waals surface area contributed by atoms with Crippen LogP contribution in [0.1, 0.15) is 58.3 Å². The van der Waals surface area contributed by atoms with Gasteiger partial charge in [0.1, 0.15) is 5.75 Å². The van der Waals surface area contributed by atoms with Gasteiger partial charge in [0.2, 0.25) is 11.8 Å². The summed E-state index contributed by atoms with van der Waals surface area (Å²) in [6.45, 7) is 4.14. The quantitative estimate of drug-likeness (QED) is 0.717. The average Bonchev–Trinajstić information content (AvgIpc) is 3.75. The van der Waals surface area contributed by atoms with Crippen LogP contribution in [0.3, 0.4) is 0 Å². The van der Waals surface area contributed by atoms with Gasteiger partial charge >= 0.3 is 0 Å². The zero-order chi connectivity index (χ0) is 23.2. The Morgan fingerprint density at radius 3 is 2.39 bits per heavy atom. The third-order valence-electron chi connectivity index (χ3n) is 8.40. The summed E-state index contributed by atoms with van der Waals surface area (Å²) in [5.41, 5.74) is 5.31. The van der Waals surface area contributed by atoms with E-state index < -0.39 is 22.7 Å². The summed E-state index contributed by atoms with van der Waals surface area (Å²) >= 11 is 0. The fourth-order valence-corrected chi connectivity index (χ4v) is 6.23. The van der Waals surface area contributed by atoms with Crippen LogP contribution in [0.4, 0.5) is 5.69 Å². The second-order valence-corrected chi connectivity index (χ2v) is 10.5. The van der Waals surface area contributed by atoms with E-state index in [1.165, 1.54) is 0 Å². The maximum Gasteiger partial charge on any atom is 0.227 e. The molecule has 7 heteroatoms. The monoisotopic (exact) mass is 450 g/mol. The van der Waals surface area contributed by atoms with Gasteiger partial charge in [-0.15, -0.1) is 0 Å². The number of nitrogens with two attached hydrogens (primary N) is 1. The first-order valence-corrected chi connectivity index (χ1v) is 12.4. The number of nitrogens with zero attached hydrogens (tertiary/aromatic N) is 3. The second-order valence-electron chi connectivity index (χ2n) is 10.5. The molecule has 3 atom stereocenters. The van der Waals surface area contributed by atoms with Crippen molar-refractivity contribution in [2.24, 2.45) is 22.5 Å². The van der Waals surface area contributed by atoms with Gasteiger partial charge in [-0.05, 0) is 69.7 Å². The van der Waals surface area contributed by atoms with Gasteiger partial charge < -0.3 is 20.3 Å². The molecule has 33 heavy (non-hydrogen) atoms. The van der Waals surface area contributed by atoms with Crippen molar-refractivity contribution in [3.63, 3.8) is 0 Å². The molecule has 4 aliphatic rings. The molecule has 176 valence electrons. The number of hydrogen-bond donors (Lipinski definition) is 1. The molecule has 1 aromatic rings. The molecule has 7 nitrogen and oxygen atoms in total. The number of carbonyl (C=O) groups excluding carboxylic acids is 2. The Morgan fingerprint density at radius 1 is 1.09 bits per heavy atom.